The third kappa shape index (κ3) is 5.10. The van der Waals surface area contributed by atoms with Gasteiger partial charge in [-0.1, -0.05) is 17.7 Å². The summed E-state index contributed by atoms with van der Waals surface area (Å²) in [6.45, 7) is 2.38. The van der Waals surface area contributed by atoms with Gasteiger partial charge in [-0.15, -0.1) is 0 Å². The molecule has 1 amide bonds. The van der Waals surface area contributed by atoms with E-state index < -0.39 is 23.1 Å². The zero-order valence-corrected chi connectivity index (χ0v) is 13.0. The zero-order valence-electron chi connectivity index (χ0n) is 13.0. The van der Waals surface area contributed by atoms with E-state index in [9.17, 15) is 18.0 Å². The Hall–Kier alpha value is -1.82. The van der Waals surface area contributed by atoms with Gasteiger partial charge in [0.15, 0.2) is 0 Å². The normalized spacial score (nSPS) is 15.3. The Morgan fingerprint density at radius 3 is 2.70 bits per heavy atom. The first-order valence-electron chi connectivity index (χ1n) is 7.80. The average molecular weight is 326 g/mol. The molecule has 1 aliphatic heterocycles. The summed E-state index contributed by atoms with van der Waals surface area (Å²) in [6.07, 6.45) is 4.16. The molecule has 6 heteroatoms. The number of hydrogen-bond acceptors (Lipinski definition) is 2. The molecular formula is C17H21F3N2O. The lowest BCUT2D eigenvalue weighted by molar-refractivity contribution is 0.0945. The summed E-state index contributed by atoms with van der Waals surface area (Å²) in [5.74, 6) is -2.47. The number of nitrogens with one attached hydrogen (secondary N) is 1. The van der Waals surface area contributed by atoms with Crippen molar-refractivity contribution in [2.24, 2.45) is 0 Å². The summed E-state index contributed by atoms with van der Waals surface area (Å²) < 4.78 is 39.2. The van der Waals surface area contributed by atoms with Crippen molar-refractivity contribution in [2.75, 3.05) is 32.9 Å². The summed E-state index contributed by atoms with van der Waals surface area (Å²) in [5.41, 5.74) is 0.610. The van der Waals surface area contributed by atoms with E-state index in [0.717, 1.165) is 43.8 Å². The number of benzene rings is 1. The molecule has 0 bridgehead atoms. The molecule has 3 nitrogen and oxygen atoms in total. The van der Waals surface area contributed by atoms with Gasteiger partial charge in [-0.3, -0.25) is 14.1 Å². The lowest BCUT2D eigenvalue weighted by Crippen LogP contribution is -2.33. The topological polar surface area (TPSA) is 32.3 Å². The lowest BCUT2D eigenvalue weighted by atomic mass is 10.1. The Morgan fingerprint density at radius 1 is 1.26 bits per heavy atom. The van der Waals surface area contributed by atoms with E-state index >= 15 is 0 Å². The first-order valence-corrected chi connectivity index (χ1v) is 7.80. The molecule has 0 spiro atoms. The second-order valence-electron chi connectivity index (χ2n) is 5.57. The molecule has 2 rings (SSSR count). The van der Waals surface area contributed by atoms with Gasteiger partial charge in [0.25, 0.3) is 5.91 Å². The molecule has 0 fully saturated rings. The van der Waals surface area contributed by atoms with Crippen molar-refractivity contribution < 1.29 is 18.0 Å². The van der Waals surface area contributed by atoms with Gasteiger partial charge in [0, 0.05) is 26.2 Å². The van der Waals surface area contributed by atoms with Crippen molar-refractivity contribution in [2.45, 2.75) is 19.3 Å². The van der Waals surface area contributed by atoms with Crippen LogP contribution < -0.4 is 5.32 Å². The molecule has 1 aliphatic rings. The maximum atomic E-state index is 13.5. The number of rotatable bonds is 7. The SMILES string of the molecule is O=C(NCCC1=CCCN(CCCF)C1)c1c(F)cccc1F. The zero-order chi connectivity index (χ0) is 16.7. The first-order chi connectivity index (χ1) is 11.1. The second-order valence-corrected chi connectivity index (χ2v) is 5.57. The van der Waals surface area contributed by atoms with E-state index in [2.05, 4.69) is 16.3 Å². The molecule has 0 saturated carbocycles. The molecule has 1 aromatic carbocycles. The minimum Gasteiger partial charge on any atom is -0.352 e. The average Bonchev–Trinajstić information content (AvgIpc) is 2.53. The van der Waals surface area contributed by atoms with Crippen molar-refractivity contribution in [3.63, 3.8) is 0 Å². The number of nitrogens with zero attached hydrogens (tertiary/aromatic N) is 1. The van der Waals surface area contributed by atoms with Crippen LogP contribution in [0.3, 0.4) is 0 Å². The highest BCUT2D eigenvalue weighted by molar-refractivity contribution is 5.94. The molecule has 0 atom stereocenters. The van der Waals surface area contributed by atoms with Crippen LogP contribution in [0, 0.1) is 11.6 Å². The van der Waals surface area contributed by atoms with Crippen molar-refractivity contribution in [1.82, 2.24) is 10.2 Å². The van der Waals surface area contributed by atoms with Gasteiger partial charge in [0.1, 0.15) is 17.2 Å². The Kier molecular flexibility index (Phi) is 6.65. The predicted molar refractivity (Wildman–Crippen MR) is 83.0 cm³/mol. The van der Waals surface area contributed by atoms with Crippen LogP contribution in [-0.2, 0) is 0 Å². The smallest absolute Gasteiger partial charge is 0.257 e. The molecule has 1 heterocycles. The third-order valence-electron chi connectivity index (χ3n) is 3.83. The van der Waals surface area contributed by atoms with Crippen LogP contribution in [0.2, 0.25) is 0 Å². The highest BCUT2D eigenvalue weighted by atomic mass is 19.1. The summed E-state index contributed by atoms with van der Waals surface area (Å²) in [7, 11) is 0. The maximum absolute atomic E-state index is 13.5. The number of amides is 1. The summed E-state index contributed by atoms with van der Waals surface area (Å²) in [4.78, 5) is 14.0. The van der Waals surface area contributed by atoms with Gasteiger partial charge < -0.3 is 5.32 Å². The lowest BCUT2D eigenvalue weighted by Gasteiger charge is -2.27. The molecule has 0 aliphatic carbocycles. The predicted octanol–water partition coefficient (Wildman–Crippen LogP) is 3.08. The van der Waals surface area contributed by atoms with Crippen molar-refractivity contribution in [3.8, 4) is 0 Å². The van der Waals surface area contributed by atoms with Gasteiger partial charge in [-0.05, 0) is 31.4 Å². The fourth-order valence-corrected chi connectivity index (χ4v) is 2.68. The largest absolute Gasteiger partial charge is 0.352 e. The quantitative estimate of drug-likeness (QED) is 0.781. The standard InChI is InChI=1S/C17H21F3N2O/c18-8-3-11-22-10-2-4-13(12-22)7-9-21-17(23)16-14(19)5-1-6-15(16)20/h1,4-6H,2-3,7-12H2,(H,21,23). The van der Waals surface area contributed by atoms with Crippen LogP contribution in [-0.4, -0.2) is 43.7 Å². The number of carbonyl (C=O) groups excluding carboxylic acids is 1. The Balaban J connectivity index is 1.81. The fraction of sp³-hybridized carbons (Fsp3) is 0.471. The van der Waals surface area contributed by atoms with Crippen LogP contribution in [0.25, 0.3) is 0 Å². The van der Waals surface area contributed by atoms with Crippen molar-refractivity contribution in [1.29, 1.82) is 0 Å². The van der Waals surface area contributed by atoms with E-state index in [1.807, 2.05) is 0 Å². The number of carbonyl (C=O) groups is 1. The molecule has 0 saturated heterocycles. The first kappa shape index (κ1) is 17.5. The summed E-state index contributed by atoms with van der Waals surface area (Å²) >= 11 is 0. The molecule has 0 aromatic heterocycles. The molecular weight excluding hydrogens is 305 g/mol. The number of halogens is 3. The second kappa shape index (κ2) is 8.72. The summed E-state index contributed by atoms with van der Waals surface area (Å²) in [5, 5.41) is 2.55. The minimum atomic E-state index is -0.864. The van der Waals surface area contributed by atoms with Crippen molar-refractivity contribution >= 4 is 5.91 Å². The minimum absolute atomic E-state index is 0.315. The van der Waals surface area contributed by atoms with Gasteiger partial charge in [-0.2, -0.15) is 0 Å². The Labute approximate surface area is 134 Å². The molecule has 23 heavy (non-hydrogen) atoms. The Morgan fingerprint density at radius 2 is 2.00 bits per heavy atom. The molecule has 0 radical (unpaired) electrons. The van der Waals surface area contributed by atoms with Crippen LogP contribution in [0.15, 0.2) is 29.8 Å². The fourth-order valence-electron chi connectivity index (χ4n) is 2.68. The van der Waals surface area contributed by atoms with E-state index in [4.69, 9.17) is 0 Å². The van der Waals surface area contributed by atoms with E-state index in [1.165, 1.54) is 6.07 Å². The third-order valence-corrected chi connectivity index (χ3v) is 3.83. The number of hydrogen-bond donors (Lipinski definition) is 1. The van der Waals surface area contributed by atoms with Gasteiger partial charge in [0.2, 0.25) is 0 Å². The molecule has 126 valence electrons. The Bertz CT molecular complexity index is 555. The highest BCUT2D eigenvalue weighted by Crippen LogP contribution is 2.14. The monoisotopic (exact) mass is 326 g/mol. The van der Waals surface area contributed by atoms with Crippen molar-refractivity contribution in [3.05, 3.63) is 47.0 Å². The molecule has 0 unspecified atom stereocenters. The van der Waals surface area contributed by atoms with Gasteiger partial charge in [0.05, 0.1) is 6.67 Å². The van der Waals surface area contributed by atoms with Crippen LogP contribution in [0.1, 0.15) is 29.6 Å². The van der Waals surface area contributed by atoms with Crippen LogP contribution >= 0.6 is 0 Å². The maximum Gasteiger partial charge on any atom is 0.257 e. The van der Waals surface area contributed by atoms with Crippen LogP contribution in [0.4, 0.5) is 13.2 Å². The van der Waals surface area contributed by atoms with Gasteiger partial charge in [-0.25, -0.2) is 8.78 Å². The van der Waals surface area contributed by atoms with E-state index in [1.54, 1.807) is 0 Å². The van der Waals surface area contributed by atoms with E-state index in [0.29, 0.717) is 19.4 Å². The highest BCUT2D eigenvalue weighted by Gasteiger charge is 2.17. The number of alkyl halides is 1. The summed E-state index contributed by atoms with van der Waals surface area (Å²) in [6, 6.07) is 3.34. The van der Waals surface area contributed by atoms with E-state index in [-0.39, 0.29) is 6.67 Å². The molecule has 1 N–H and O–H groups in total. The molecule has 1 aromatic rings. The van der Waals surface area contributed by atoms with Gasteiger partial charge >= 0.3 is 0 Å². The van der Waals surface area contributed by atoms with Crippen LogP contribution in [0.5, 0.6) is 0 Å².